The quantitative estimate of drug-likeness (QED) is 0.386. The summed E-state index contributed by atoms with van der Waals surface area (Å²) in [5.41, 5.74) is 0. The molecule has 0 aromatic carbocycles. The van der Waals surface area contributed by atoms with Gasteiger partial charge in [-0.1, -0.05) is 0 Å². The third-order valence-electron chi connectivity index (χ3n) is 0.543. The Morgan fingerprint density at radius 3 is 1.80 bits per heavy atom. The summed E-state index contributed by atoms with van der Waals surface area (Å²) in [6, 6.07) is 0. The summed E-state index contributed by atoms with van der Waals surface area (Å²) in [5, 5.41) is 17.4. The van der Waals surface area contributed by atoms with Crippen LogP contribution in [0.15, 0.2) is 0 Å². The molecule has 0 heterocycles. The molecule has 0 aromatic rings. The van der Waals surface area contributed by atoms with Crippen molar-refractivity contribution in [3.8, 4) is 0 Å². The van der Waals surface area contributed by atoms with Crippen LogP contribution in [0.2, 0.25) is 0 Å². The number of aliphatic carboxylic acids is 2. The molecule has 0 aliphatic rings. The van der Waals surface area contributed by atoms with Crippen LogP contribution < -0.4 is 30.1 Å². The van der Waals surface area contributed by atoms with E-state index < -0.39 is 18.4 Å². The van der Waals surface area contributed by atoms with Crippen molar-refractivity contribution in [2.45, 2.75) is 12.8 Å². The zero-order chi connectivity index (χ0) is 6.57. The van der Waals surface area contributed by atoms with Gasteiger partial charge in [-0.2, -0.15) is 0 Å². The Kier molecular flexibility index (Phi) is 13.8. The molecule has 0 saturated heterocycles. The maximum absolute atomic E-state index is 9.61. The molecular weight excluding hydrogens is 133 g/mol. The minimum absolute atomic E-state index is 0. The predicted octanol–water partition coefficient (Wildman–Crippen LogP) is -4.23. The van der Waals surface area contributed by atoms with E-state index in [2.05, 4.69) is 0 Å². The van der Waals surface area contributed by atoms with Gasteiger partial charge in [0.25, 0.3) is 0 Å². The van der Waals surface area contributed by atoms with Crippen LogP contribution in [0.1, 0.15) is 12.8 Å². The molecule has 0 amide bonds. The van der Waals surface area contributed by atoms with Crippen molar-refractivity contribution < 1.29 is 38.7 Å². The van der Waals surface area contributed by atoms with Gasteiger partial charge >= 0.3 is 24.8 Å². The normalized spacial score (nSPS) is 6.80. The summed E-state index contributed by atoms with van der Waals surface area (Å²) < 4.78 is 0. The van der Waals surface area contributed by atoms with Gasteiger partial charge < -0.3 is 21.2 Å². The van der Waals surface area contributed by atoms with Crippen LogP contribution in [0.3, 0.4) is 0 Å². The average Bonchev–Trinajstić information content (AvgIpc) is 1.61. The third kappa shape index (κ3) is 15.6. The zero-order valence-corrected chi connectivity index (χ0v) is 5.79. The van der Waals surface area contributed by atoms with Crippen molar-refractivity contribution in [3.05, 3.63) is 0 Å². The maximum Gasteiger partial charge on any atom is 1.00 e. The van der Waals surface area contributed by atoms with Gasteiger partial charge in [0.05, 0.1) is 6.42 Å². The molecule has 0 spiro atoms. The fourth-order valence-corrected chi connectivity index (χ4v) is 0.209. The number of hydrogen-bond acceptors (Lipinski definition) is 4. The van der Waals surface area contributed by atoms with Crippen molar-refractivity contribution in [2.75, 3.05) is 0 Å². The Bertz CT molecular complexity index is 102. The molecule has 0 atom stereocenters. The molecule has 0 rings (SSSR count). The van der Waals surface area contributed by atoms with E-state index in [1.807, 2.05) is 0 Å². The third-order valence-corrected chi connectivity index (χ3v) is 0.543. The van der Waals surface area contributed by atoms with Gasteiger partial charge in [0.15, 0.2) is 0 Å². The van der Waals surface area contributed by atoms with Gasteiger partial charge in [0.1, 0.15) is 0 Å². The average molecular weight is 141 g/mol. The van der Waals surface area contributed by atoms with Crippen LogP contribution in [0, 0.1) is 0 Å². The van der Waals surface area contributed by atoms with Crippen molar-refractivity contribution >= 4 is 11.9 Å². The number of carboxylic acid groups (broad SMARTS) is 2. The second kappa shape index (κ2) is 8.50. The molecule has 0 saturated carbocycles. The first-order valence-corrected chi connectivity index (χ1v) is 2.04. The Hall–Kier alpha value is -0.503. The fraction of sp³-hybridized carbons (Fsp3) is 0.500. The molecule has 0 aliphatic heterocycles. The van der Waals surface area contributed by atoms with Crippen molar-refractivity contribution in [1.82, 2.24) is 6.15 Å². The molecule has 6 heteroatoms. The first-order chi connectivity index (χ1) is 3.63. The fourth-order valence-electron chi connectivity index (χ4n) is 0.209. The summed E-state index contributed by atoms with van der Waals surface area (Å²) >= 11 is 0. The predicted molar refractivity (Wildman–Crippen MR) is 26.9 cm³/mol. The van der Waals surface area contributed by atoms with E-state index in [1.54, 1.807) is 0 Å². The van der Waals surface area contributed by atoms with Crippen LogP contribution in [0.25, 0.3) is 0 Å². The van der Waals surface area contributed by atoms with E-state index in [0.717, 1.165) is 0 Å². The van der Waals surface area contributed by atoms with E-state index in [0.29, 0.717) is 0 Å². The molecule has 0 unspecified atom stereocenters. The minimum Gasteiger partial charge on any atom is -0.550 e. The van der Waals surface area contributed by atoms with E-state index in [1.165, 1.54) is 0 Å². The van der Waals surface area contributed by atoms with Crippen LogP contribution in [-0.2, 0) is 9.59 Å². The van der Waals surface area contributed by atoms with E-state index >= 15 is 0 Å². The number of rotatable bonds is 3. The smallest absolute Gasteiger partial charge is 0.550 e. The molecule has 0 bridgehead atoms. The molecular formula is C4H8LiNO4. The van der Waals surface area contributed by atoms with Gasteiger partial charge in [0.2, 0.25) is 0 Å². The molecule has 0 aliphatic carbocycles. The van der Waals surface area contributed by atoms with Crippen LogP contribution in [-0.4, -0.2) is 17.0 Å². The summed E-state index contributed by atoms with van der Waals surface area (Å²) in [6.07, 6.45) is -0.766. The van der Waals surface area contributed by atoms with Crippen LogP contribution >= 0.6 is 0 Å². The Morgan fingerprint density at radius 2 is 1.70 bits per heavy atom. The number of carboxylic acids is 2. The van der Waals surface area contributed by atoms with E-state index in [9.17, 15) is 14.7 Å². The van der Waals surface area contributed by atoms with Gasteiger partial charge in [0, 0.05) is 5.97 Å². The standard InChI is InChI=1S/C4H6O4.Li.H3N/c5-3(6)1-2-4(7)8;;/h1-2H2,(H,5,6)(H,7,8);;1H3/q;+1;/p-1. The monoisotopic (exact) mass is 141 g/mol. The minimum atomic E-state index is -1.33. The van der Waals surface area contributed by atoms with Gasteiger partial charge in [-0.15, -0.1) is 0 Å². The molecule has 54 valence electrons. The molecule has 4 N–H and O–H groups in total. The first kappa shape index (κ1) is 16.2. The molecule has 10 heavy (non-hydrogen) atoms. The topological polar surface area (TPSA) is 112 Å². The molecule has 5 nitrogen and oxygen atoms in total. The second-order valence-corrected chi connectivity index (χ2v) is 1.27. The van der Waals surface area contributed by atoms with E-state index in [4.69, 9.17) is 5.11 Å². The largest absolute Gasteiger partial charge is 1.00 e. The Labute approximate surface area is 70.2 Å². The first-order valence-electron chi connectivity index (χ1n) is 2.04. The second-order valence-electron chi connectivity index (χ2n) is 1.27. The van der Waals surface area contributed by atoms with E-state index in [-0.39, 0.29) is 31.4 Å². The summed E-state index contributed by atoms with van der Waals surface area (Å²) in [7, 11) is 0. The number of carbonyl (C=O) groups excluding carboxylic acids is 1. The van der Waals surface area contributed by atoms with Crippen molar-refractivity contribution in [2.24, 2.45) is 0 Å². The van der Waals surface area contributed by atoms with Gasteiger partial charge in [-0.3, -0.25) is 4.79 Å². The zero-order valence-electron chi connectivity index (χ0n) is 5.79. The molecule has 0 aromatic heterocycles. The summed E-state index contributed by atoms with van der Waals surface area (Å²) in [4.78, 5) is 19.1. The maximum atomic E-state index is 9.61. The van der Waals surface area contributed by atoms with Crippen LogP contribution in [0.5, 0.6) is 0 Å². The van der Waals surface area contributed by atoms with Gasteiger partial charge in [-0.05, 0) is 6.42 Å². The SMILES string of the molecule is N.O=C([O-])CCC(=O)O.[Li+]. The summed E-state index contributed by atoms with van der Waals surface area (Å²) in [5.74, 6) is -2.44. The number of carbonyl (C=O) groups is 2. The Morgan fingerprint density at radius 1 is 1.30 bits per heavy atom. The molecule has 0 radical (unpaired) electrons. The summed E-state index contributed by atoms with van der Waals surface area (Å²) in [6.45, 7) is 0. The van der Waals surface area contributed by atoms with Crippen molar-refractivity contribution in [1.29, 1.82) is 0 Å². The van der Waals surface area contributed by atoms with Crippen molar-refractivity contribution in [3.63, 3.8) is 0 Å². The number of hydrogen-bond donors (Lipinski definition) is 2. The molecule has 0 fully saturated rings. The van der Waals surface area contributed by atoms with Gasteiger partial charge in [-0.25, -0.2) is 0 Å². The Balaban J connectivity index is -0.000000245. The van der Waals surface area contributed by atoms with Crippen LogP contribution in [0.4, 0.5) is 0 Å².